The van der Waals surface area contributed by atoms with Crippen LogP contribution in [0.5, 0.6) is 0 Å². The van der Waals surface area contributed by atoms with E-state index in [-0.39, 0.29) is 11.4 Å². The number of carbonyl (C=O) groups is 2. The van der Waals surface area contributed by atoms with Gasteiger partial charge in [-0.15, -0.1) is 18.3 Å². The van der Waals surface area contributed by atoms with Crippen LogP contribution in [0.3, 0.4) is 0 Å². The molecule has 0 spiro atoms. The highest BCUT2D eigenvalue weighted by Gasteiger charge is 2.42. The van der Waals surface area contributed by atoms with Gasteiger partial charge in [-0.05, 0) is 12.8 Å². The largest absolute Gasteiger partial charge is 0.480 e. The second-order valence-electron chi connectivity index (χ2n) is 4.47. The van der Waals surface area contributed by atoms with Gasteiger partial charge in [0.15, 0.2) is 0 Å². The lowest BCUT2D eigenvalue weighted by Gasteiger charge is -2.32. The monoisotopic (exact) mass is 286 g/mol. The Labute approximate surface area is 118 Å². The summed E-state index contributed by atoms with van der Waals surface area (Å²) in [4.78, 5) is 27.0. The Morgan fingerprint density at radius 2 is 2.21 bits per heavy atom. The second-order valence-corrected chi connectivity index (χ2v) is 5.69. The normalized spacial score (nSPS) is 22.3. The molecule has 1 aliphatic rings. The van der Waals surface area contributed by atoms with Gasteiger partial charge in [0.2, 0.25) is 0 Å². The summed E-state index contributed by atoms with van der Waals surface area (Å²) in [6.45, 7) is 8.69. The van der Waals surface area contributed by atoms with Gasteiger partial charge in [-0.25, -0.2) is 9.59 Å². The smallest absolute Gasteiger partial charge is 0.327 e. The van der Waals surface area contributed by atoms with Crippen LogP contribution in [0.4, 0.5) is 4.79 Å². The number of hydrogen-bond donors (Lipinski definition) is 1. The first kappa shape index (κ1) is 15.9. The average molecular weight is 286 g/mol. The Morgan fingerprint density at radius 1 is 1.53 bits per heavy atom. The molecule has 0 saturated carbocycles. The van der Waals surface area contributed by atoms with Crippen molar-refractivity contribution in [2.75, 3.05) is 18.8 Å². The van der Waals surface area contributed by atoms with Crippen molar-refractivity contribution in [2.45, 2.75) is 38.1 Å². The molecule has 1 saturated heterocycles. The van der Waals surface area contributed by atoms with Gasteiger partial charge in [0.1, 0.15) is 6.04 Å². The van der Waals surface area contributed by atoms with Gasteiger partial charge < -0.3 is 10.0 Å². The summed E-state index contributed by atoms with van der Waals surface area (Å²) < 4.78 is 0. The average Bonchev–Trinajstić information content (AvgIpc) is 2.81. The zero-order valence-corrected chi connectivity index (χ0v) is 12.4. The molecule has 0 aromatic heterocycles. The van der Waals surface area contributed by atoms with Crippen LogP contribution in [0.2, 0.25) is 0 Å². The second kappa shape index (κ2) is 7.43. The number of amides is 2. The van der Waals surface area contributed by atoms with Crippen LogP contribution in [0, 0.1) is 0 Å². The molecule has 0 aromatic carbocycles. The molecule has 1 aliphatic heterocycles. The van der Waals surface area contributed by atoms with E-state index in [2.05, 4.69) is 6.58 Å². The van der Waals surface area contributed by atoms with E-state index in [1.165, 1.54) is 4.90 Å². The zero-order chi connectivity index (χ0) is 14.4. The van der Waals surface area contributed by atoms with Crippen molar-refractivity contribution >= 4 is 23.8 Å². The summed E-state index contributed by atoms with van der Waals surface area (Å²) in [7, 11) is 0. The molecule has 2 amide bonds. The fraction of sp³-hybridized carbons (Fsp3) is 0.692. The summed E-state index contributed by atoms with van der Waals surface area (Å²) in [5.74, 6) is -0.458. The van der Waals surface area contributed by atoms with E-state index in [0.29, 0.717) is 18.8 Å². The standard InChI is InChI=1S/C13H22N2O3S/c1-4-7-14(8-5-2)13(18)15-10(12(16)17)9-19-11(15)6-3/h4,10-11H,1,5-9H2,2-3H3,(H,16,17). The van der Waals surface area contributed by atoms with Gasteiger partial charge in [-0.3, -0.25) is 4.90 Å². The summed E-state index contributed by atoms with van der Waals surface area (Å²) in [5.41, 5.74) is 0. The van der Waals surface area contributed by atoms with Crippen LogP contribution in [0.25, 0.3) is 0 Å². The molecule has 0 radical (unpaired) electrons. The molecule has 0 bridgehead atoms. The summed E-state index contributed by atoms with van der Waals surface area (Å²) in [5, 5.41) is 9.20. The minimum absolute atomic E-state index is 0.0437. The van der Waals surface area contributed by atoms with Gasteiger partial charge in [-0.1, -0.05) is 19.9 Å². The molecule has 1 N–H and O–H groups in total. The Hall–Kier alpha value is -1.17. The molecule has 5 nitrogen and oxygen atoms in total. The van der Waals surface area contributed by atoms with E-state index >= 15 is 0 Å². The molecule has 108 valence electrons. The third kappa shape index (κ3) is 3.65. The maximum Gasteiger partial charge on any atom is 0.327 e. The third-order valence-electron chi connectivity index (χ3n) is 3.06. The Morgan fingerprint density at radius 3 is 2.68 bits per heavy atom. The maximum absolute atomic E-state index is 12.5. The number of thioether (sulfide) groups is 1. The van der Waals surface area contributed by atoms with Gasteiger partial charge >= 0.3 is 12.0 Å². The molecular weight excluding hydrogens is 264 g/mol. The minimum atomic E-state index is -0.924. The quantitative estimate of drug-likeness (QED) is 0.761. The van der Waals surface area contributed by atoms with Crippen LogP contribution < -0.4 is 0 Å². The predicted molar refractivity (Wildman–Crippen MR) is 77.3 cm³/mol. The summed E-state index contributed by atoms with van der Waals surface area (Å²) in [6, 6.07) is -0.905. The first-order chi connectivity index (χ1) is 9.06. The molecular formula is C13H22N2O3S. The van der Waals surface area contributed by atoms with Crippen molar-refractivity contribution in [2.24, 2.45) is 0 Å². The lowest BCUT2D eigenvalue weighted by Crippen LogP contribution is -2.51. The number of carbonyl (C=O) groups excluding carboxylic acids is 1. The molecule has 2 atom stereocenters. The van der Waals surface area contributed by atoms with Crippen LogP contribution in [0.15, 0.2) is 12.7 Å². The Balaban J connectivity index is 2.89. The van der Waals surface area contributed by atoms with Crippen molar-refractivity contribution in [1.29, 1.82) is 0 Å². The van der Waals surface area contributed by atoms with E-state index < -0.39 is 12.0 Å². The number of carboxylic acid groups (broad SMARTS) is 1. The fourth-order valence-corrected chi connectivity index (χ4v) is 3.52. The number of rotatable bonds is 6. The van der Waals surface area contributed by atoms with Crippen LogP contribution in [-0.4, -0.2) is 57.2 Å². The highest BCUT2D eigenvalue weighted by molar-refractivity contribution is 8.00. The summed E-state index contributed by atoms with van der Waals surface area (Å²) >= 11 is 1.54. The van der Waals surface area contributed by atoms with E-state index in [1.807, 2.05) is 13.8 Å². The number of aliphatic carboxylic acids is 1. The van der Waals surface area contributed by atoms with E-state index in [4.69, 9.17) is 0 Å². The lowest BCUT2D eigenvalue weighted by molar-refractivity contribution is -0.141. The van der Waals surface area contributed by atoms with Crippen molar-refractivity contribution in [3.05, 3.63) is 12.7 Å². The highest BCUT2D eigenvalue weighted by atomic mass is 32.2. The molecule has 19 heavy (non-hydrogen) atoms. The van der Waals surface area contributed by atoms with Gasteiger partial charge in [0, 0.05) is 18.8 Å². The maximum atomic E-state index is 12.5. The number of nitrogens with zero attached hydrogens (tertiary/aromatic N) is 2. The minimum Gasteiger partial charge on any atom is -0.480 e. The molecule has 6 heteroatoms. The van der Waals surface area contributed by atoms with E-state index in [1.54, 1.807) is 22.7 Å². The number of carboxylic acids is 1. The highest BCUT2D eigenvalue weighted by Crippen LogP contribution is 2.32. The number of hydrogen-bond acceptors (Lipinski definition) is 3. The van der Waals surface area contributed by atoms with Crippen molar-refractivity contribution in [3.8, 4) is 0 Å². The van der Waals surface area contributed by atoms with E-state index in [0.717, 1.165) is 12.8 Å². The first-order valence-electron chi connectivity index (χ1n) is 6.59. The molecule has 1 fully saturated rings. The molecule has 0 aliphatic carbocycles. The molecule has 0 aromatic rings. The van der Waals surface area contributed by atoms with E-state index in [9.17, 15) is 14.7 Å². The zero-order valence-electron chi connectivity index (χ0n) is 11.5. The molecule has 2 unspecified atom stereocenters. The number of urea groups is 1. The molecule has 1 rings (SSSR count). The summed E-state index contributed by atoms with van der Waals surface area (Å²) in [6.07, 6.45) is 3.27. The Kier molecular flexibility index (Phi) is 6.21. The molecule has 1 heterocycles. The fourth-order valence-electron chi connectivity index (χ4n) is 2.18. The van der Waals surface area contributed by atoms with Crippen molar-refractivity contribution in [1.82, 2.24) is 9.80 Å². The Bertz CT molecular complexity index is 349. The van der Waals surface area contributed by atoms with Gasteiger partial charge in [0.25, 0.3) is 0 Å². The van der Waals surface area contributed by atoms with Crippen LogP contribution in [0.1, 0.15) is 26.7 Å². The predicted octanol–water partition coefficient (Wildman–Crippen LogP) is 2.24. The third-order valence-corrected chi connectivity index (χ3v) is 4.51. The van der Waals surface area contributed by atoms with Crippen molar-refractivity contribution < 1.29 is 14.7 Å². The topological polar surface area (TPSA) is 60.9 Å². The lowest BCUT2D eigenvalue weighted by atomic mass is 10.2. The van der Waals surface area contributed by atoms with Crippen molar-refractivity contribution in [3.63, 3.8) is 0 Å². The SMILES string of the molecule is C=CCN(CCC)C(=O)N1C(CC)SCC1C(=O)O. The first-order valence-corrected chi connectivity index (χ1v) is 7.64. The van der Waals surface area contributed by atoms with Crippen LogP contribution in [-0.2, 0) is 4.79 Å². The van der Waals surface area contributed by atoms with Gasteiger partial charge in [0.05, 0.1) is 5.37 Å². The van der Waals surface area contributed by atoms with Crippen LogP contribution >= 0.6 is 11.8 Å². The van der Waals surface area contributed by atoms with Gasteiger partial charge in [-0.2, -0.15) is 0 Å².